The maximum Gasteiger partial charge on any atom is 0.439 e. The summed E-state index contributed by atoms with van der Waals surface area (Å²) < 4.78 is 24.6. The summed E-state index contributed by atoms with van der Waals surface area (Å²) in [4.78, 5) is 31.8. The monoisotopic (exact) mass is 639 g/mol. The van der Waals surface area contributed by atoms with E-state index in [4.69, 9.17) is 40.3 Å². The number of hydrogen-bond acceptors (Lipinski definition) is 10. The van der Waals surface area contributed by atoms with Crippen LogP contribution in [0.5, 0.6) is 5.88 Å². The van der Waals surface area contributed by atoms with Crippen LogP contribution in [0.1, 0.15) is 58.8 Å². The van der Waals surface area contributed by atoms with Gasteiger partial charge < -0.3 is 23.7 Å². The molecular formula is C32H42ClN7O5. The number of ether oxygens (including phenoxy) is 3. The van der Waals surface area contributed by atoms with Gasteiger partial charge in [0.15, 0.2) is 0 Å². The maximum absolute atomic E-state index is 11.9. The molecule has 4 aromatic heterocycles. The van der Waals surface area contributed by atoms with Gasteiger partial charge in [0.1, 0.15) is 18.0 Å². The lowest BCUT2D eigenvalue weighted by Crippen LogP contribution is -2.43. The Morgan fingerprint density at radius 1 is 1.16 bits per heavy atom. The van der Waals surface area contributed by atoms with Crippen molar-refractivity contribution < 1.29 is 18.7 Å². The number of rotatable bonds is 12. The van der Waals surface area contributed by atoms with E-state index in [1.165, 1.54) is 12.8 Å². The molecule has 0 amide bonds. The van der Waals surface area contributed by atoms with Crippen LogP contribution in [0.3, 0.4) is 0 Å². The number of hydrogen-bond donors (Lipinski definition) is 1. The van der Waals surface area contributed by atoms with Gasteiger partial charge in [-0.25, -0.2) is 19.7 Å². The third-order valence-electron chi connectivity index (χ3n) is 8.86. The Bertz CT molecular complexity index is 1640. The highest BCUT2D eigenvalue weighted by molar-refractivity contribution is 6.30. The van der Waals surface area contributed by atoms with E-state index in [-0.39, 0.29) is 11.9 Å². The molecule has 1 saturated carbocycles. The molecule has 2 fully saturated rings. The molecule has 2 aliphatic rings. The number of aromatic nitrogens is 6. The second kappa shape index (κ2) is 14.3. The van der Waals surface area contributed by atoms with Crippen molar-refractivity contribution in [3.63, 3.8) is 0 Å². The second-order valence-corrected chi connectivity index (χ2v) is 12.7. The Morgan fingerprint density at radius 3 is 2.76 bits per heavy atom. The van der Waals surface area contributed by atoms with Gasteiger partial charge in [0.25, 0.3) is 0 Å². The predicted octanol–water partition coefficient (Wildman–Crippen LogP) is 5.74. The Labute approximate surface area is 267 Å². The zero-order valence-corrected chi connectivity index (χ0v) is 27.0. The lowest BCUT2D eigenvalue weighted by Gasteiger charge is -2.35. The number of methoxy groups -OCH3 is 1. The van der Waals surface area contributed by atoms with E-state index in [0.717, 1.165) is 74.6 Å². The molecule has 0 bridgehead atoms. The lowest BCUT2D eigenvalue weighted by molar-refractivity contribution is 0.0331. The molecule has 13 heteroatoms. The molecule has 5 heterocycles. The first-order chi connectivity index (χ1) is 21.9. The molecule has 1 atom stereocenters. The first-order valence-corrected chi connectivity index (χ1v) is 16.4. The van der Waals surface area contributed by atoms with Crippen LogP contribution in [0.4, 0.5) is 5.95 Å². The van der Waals surface area contributed by atoms with E-state index in [2.05, 4.69) is 38.4 Å². The van der Waals surface area contributed by atoms with Gasteiger partial charge >= 0.3 is 5.76 Å². The second-order valence-electron chi connectivity index (χ2n) is 12.2. The van der Waals surface area contributed by atoms with Crippen LogP contribution >= 0.6 is 11.6 Å². The number of halogens is 1. The van der Waals surface area contributed by atoms with Crippen molar-refractivity contribution in [3.8, 4) is 28.7 Å². The summed E-state index contributed by atoms with van der Waals surface area (Å²) in [5.41, 5.74) is 3.20. The van der Waals surface area contributed by atoms with Crippen molar-refractivity contribution in [2.45, 2.75) is 71.4 Å². The van der Waals surface area contributed by atoms with Gasteiger partial charge in [0.2, 0.25) is 17.7 Å². The Kier molecular flexibility index (Phi) is 10.0. The van der Waals surface area contributed by atoms with Crippen molar-refractivity contribution >= 4 is 28.6 Å². The summed E-state index contributed by atoms with van der Waals surface area (Å²) in [5.74, 6) is 2.06. The molecule has 1 saturated heterocycles. The molecule has 45 heavy (non-hydrogen) atoms. The van der Waals surface area contributed by atoms with Gasteiger partial charge in [0.05, 0.1) is 40.9 Å². The minimum atomic E-state index is -0.661. The number of morpholine rings is 1. The quantitative estimate of drug-likeness (QED) is 0.191. The molecule has 6 rings (SSSR count). The number of H-pyrrole nitrogens is 1. The third kappa shape index (κ3) is 7.18. The zero-order valence-electron chi connectivity index (χ0n) is 26.3. The van der Waals surface area contributed by atoms with Gasteiger partial charge in [-0.3, -0.25) is 9.51 Å². The molecule has 4 aromatic rings. The third-order valence-corrected chi connectivity index (χ3v) is 9.07. The topological polar surface area (TPSA) is 133 Å². The fourth-order valence-electron chi connectivity index (χ4n) is 6.42. The van der Waals surface area contributed by atoms with Crippen LogP contribution in [0, 0.1) is 11.8 Å². The van der Waals surface area contributed by atoms with Crippen LogP contribution in [-0.2, 0) is 16.0 Å². The first-order valence-electron chi connectivity index (χ1n) is 16.0. The van der Waals surface area contributed by atoms with E-state index in [1.807, 2.05) is 12.1 Å². The summed E-state index contributed by atoms with van der Waals surface area (Å²) in [7, 11) is 1.62. The highest BCUT2D eigenvalue weighted by Gasteiger charge is 2.30. The number of fused-ring (bicyclic) bond motifs is 1. The SMILES string of the molecule is CCCCC1CN(c2nc3cc(-c4noc(=O)[nH]4)nc(-c4cc(Cl)cnc4OCCOC)c3n2CC2CCC(C)CC2)CCO1. The Morgan fingerprint density at radius 2 is 2.00 bits per heavy atom. The van der Waals surface area contributed by atoms with E-state index < -0.39 is 5.76 Å². The molecule has 0 radical (unpaired) electrons. The highest BCUT2D eigenvalue weighted by atomic mass is 35.5. The summed E-state index contributed by atoms with van der Waals surface area (Å²) in [6.07, 6.45) is 9.72. The Hall–Kier alpha value is -3.48. The minimum absolute atomic E-state index is 0.147. The van der Waals surface area contributed by atoms with Crippen molar-refractivity contribution in [2.24, 2.45) is 11.8 Å². The fourth-order valence-corrected chi connectivity index (χ4v) is 6.58. The number of nitrogens with zero attached hydrogens (tertiary/aromatic N) is 6. The van der Waals surface area contributed by atoms with Crippen molar-refractivity contribution in [2.75, 3.05) is 44.9 Å². The van der Waals surface area contributed by atoms with Gasteiger partial charge in [0, 0.05) is 32.9 Å². The van der Waals surface area contributed by atoms with Gasteiger partial charge in [-0.1, -0.05) is 56.3 Å². The van der Waals surface area contributed by atoms with Crippen LogP contribution in [0.15, 0.2) is 27.6 Å². The van der Waals surface area contributed by atoms with Gasteiger partial charge in [-0.15, -0.1) is 0 Å². The number of imidazole rings is 1. The number of nitrogens with one attached hydrogen (secondary N) is 1. The van der Waals surface area contributed by atoms with Crippen LogP contribution in [0.25, 0.3) is 33.8 Å². The molecule has 1 aliphatic carbocycles. The molecular weight excluding hydrogens is 598 g/mol. The van der Waals surface area contributed by atoms with Crippen LogP contribution in [-0.4, -0.2) is 75.8 Å². The van der Waals surface area contributed by atoms with E-state index in [9.17, 15) is 4.79 Å². The summed E-state index contributed by atoms with van der Waals surface area (Å²) in [5, 5.41) is 4.37. The van der Waals surface area contributed by atoms with E-state index in [1.54, 1.807) is 13.3 Å². The molecule has 12 nitrogen and oxygen atoms in total. The molecule has 1 unspecified atom stereocenters. The summed E-state index contributed by atoms with van der Waals surface area (Å²) >= 11 is 6.54. The Balaban J connectivity index is 1.54. The zero-order chi connectivity index (χ0) is 31.3. The number of pyridine rings is 2. The van der Waals surface area contributed by atoms with Gasteiger partial charge in [-0.2, -0.15) is 0 Å². The summed E-state index contributed by atoms with van der Waals surface area (Å²) in [6.45, 7) is 8.19. The number of anilines is 1. The predicted molar refractivity (Wildman–Crippen MR) is 172 cm³/mol. The van der Waals surface area contributed by atoms with E-state index in [0.29, 0.717) is 53.6 Å². The normalized spacial score (nSPS) is 20.6. The van der Waals surface area contributed by atoms with Crippen LogP contribution < -0.4 is 15.4 Å². The standard InChI is InChI=1S/C32H42ClN7O5/c1-4-5-6-23-19-39(11-12-43-23)31-36-25-16-26(29-37-32(41)45-38-29)35-27(24-15-22(33)17-34-30(24)44-14-13-42-3)28(25)40(31)18-21-9-7-20(2)8-10-21/h15-17,20-21,23H,4-14,18-19H2,1-3H3,(H,37,38,41). The minimum Gasteiger partial charge on any atom is -0.475 e. The molecule has 1 aliphatic heterocycles. The molecule has 242 valence electrons. The van der Waals surface area contributed by atoms with Crippen molar-refractivity contribution in [3.05, 3.63) is 33.9 Å². The number of aromatic amines is 1. The molecule has 0 aromatic carbocycles. The van der Waals surface area contributed by atoms with Crippen molar-refractivity contribution in [1.82, 2.24) is 29.7 Å². The maximum atomic E-state index is 11.9. The summed E-state index contributed by atoms with van der Waals surface area (Å²) in [6, 6.07) is 3.66. The largest absolute Gasteiger partial charge is 0.475 e. The van der Waals surface area contributed by atoms with Gasteiger partial charge in [-0.05, 0) is 43.2 Å². The first kappa shape index (κ1) is 31.5. The van der Waals surface area contributed by atoms with E-state index >= 15 is 0 Å². The smallest absolute Gasteiger partial charge is 0.439 e. The van der Waals surface area contributed by atoms with Crippen molar-refractivity contribution in [1.29, 1.82) is 0 Å². The fraction of sp³-hybridized carbons (Fsp3) is 0.594. The van der Waals surface area contributed by atoms with Crippen LogP contribution in [0.2, 0.25) is 5.02 Å². The highest BCUT2D eigenvalue weighted by Crippen LogP contribution is 2.40. The average Bonchev–Trinajstić information content (AvgIpc) is 3.65. The number of unbranched alkanes of at least 4 members (excludes halogenated alkanes) is 1. The molecule has 1 N–H and O–H groups in total. The molecule has 0 spiro atoms. The lowest BCUT2D eigenvalue weighted by atomic mass is 9.83. The average molecular weight is 640 g/mol.